The van der Waals surface area contributed by atoms with E-state index in [1.54, 1.807) is 16.4 Å². The molecule has 2 aliphatic rings. The quantitative estimate of drug-likeness (QED) is 0.747. The lowest BCUT2D eigenvalue weighted by Gasteiger charge is -2.30. The first-order valence-corrected chi connectivity index (χ1v) is 12.2. The normalized spacial score (nSPS) is 19.0. The van der Waals surface area contributed by atoms with Crippen LogP contribution in [-0.2, 0) is 16.6 Å². The van der Waals surface area contributed by atoms with Gasteiger partial charge in [-0.15, -0.1) is 0 Å². The first-order valence-electron chi connectivity index (χ1n) is 10.8. The molecule has 0 atom stereocenters. The maximum Gasteiger partial charge on any atom is 0.272 e. The van der Waals surface area contributed by atoms with Crippen LogP contribution in [0.15, 0.2) is 29.2 Å². The van der Waals surface area contributed by atoms with E-state index in [1.807, 2.05) is 42.5 Å². The molecule has 2 aromatic rings. The number of carbonyl (C=O) groups excluding carboxylic acids is 1. The molecule has 1 saturated heterocycles. The van der Waals surface area contributed by atoms with Crippen LogP contribution in [0.3, 0.4) is 0 Å². The number of fused-ring (bicyclic) bond motifs is 1. The second-order valence-corrected chi connectivity index (χ2v) is 10.3. The summed E-state index contributed by atoms with van der Waals surface area (Å²) in [6.45, 7) is 9.07. The zero-order valence-corrected chi connectivity index (χ0v) is 18.8. The van der Waals surface area contributed by atoms with Crippen molar-refractivity contribution in [1.82, 2.24) is 19.0 Å². The summed E-state index contributed by atoms with van der Waals surface area (Å²) in [4.78, 5) is 15.0. The molecule has 162 valence electrons. The molecule has 1 aromatic heterocycles. The van der Waals surface area contributed by atoms with Crippen molar-refractivity contribution in [2.45, 2.75) is 57.4 Å². The van der Waals surface area contributed by atoms with Crippen molar-refractivity contribution >= 4 is 15.9 Å². The van der Waals surface area contributed by atoms with Crippen molar-refractivity contribution in [3.05, 3.63) is 46.8 Å². The van der Waals surface area contributed by atoms with Gasteiger partial charge in [-0.2, -0.15) is 9.40 Å². The van der Waals surface area contributed by atoms with Crippen molar-refractivity contribution in [2.75, 3.05) is 26.2 Å². The van der Waals surface area contributed by atoms with Crippen LogP contribution in [0.5, 0.6) is 0 Å². The standard InChI is InChI=1S/C22H30N4O3S/c1-4-24-10-5-11-26-21(22(24)27)15-20(23-26)18-8-12-25(13-9-18)30(28,29)19-7-6-16(2)17(3)14-19/h6-7,14-15,18H,4-5,8-13H2,1-3H3. The zero-order chi connectivity index (χ0) is 21.5. The monoisotopic (exact) mass is 430 g/mol. The Hall–Kier alpha value is -2.19. The first kappa shape index (κ1) is 21.1. The van der Waals surface area contributed by atoms with Crippen LogP contribution in [0.2, 0.25) is 0 Å². The number of amides is 1. The summed E-state index contributed by atoms with van der Waals surface area (Å²) < 4.78 is 29.5. The Morgan fingerprint density at radius 1 is 1.03 bits per heavy atom. The maximum absolute atomic E-state index is 13.1. The molecule has 0 aliphatic carbocycles. The van der Waals surface area contributed by atoms with Gasteiger partial charge in [0.15, 0.2) is 0 Å². The lowest BCUT2D eigenvalue weighted by Crippen LogP contribution is -2.38. The third-order valence-corrected chi connectivity index (χ3v) is 8.37. The number of carbonyl (C=O) groups is 1. The fourth-order valence-electron chi connectivity index (χ4n) is 4.37. The van der Waals surface area contributed by atoms with E-state index in [2.05, 4.69) is 0 Å². The minimum Gasteiger partial charge on any atom is -0.338 e. The van der Waals surface area contributed by atoms with Gasteiger partial charge in [0.1, 0.15) is 5.69 Å². The van der Waals surface area contributed by atoms with E-state index in [9.17, 15) is 13.2 Å². The Kier molecular flexibility index (Phi) is 5.72. The summed E-state index contributed by atoms with van der Waals surface area (Å²) in [5, 5.41) is 4.72. The highest BCUT2D eigenvalue weighted by Crippen LogP contribution is 2.31. The number of hydrogen-bond acceptors (Lipinski definition) is 4. The lowest BCUT2D eigenvalue weighted by atomic mass is 9.94. The predicted molar refractivity (Wildman–Crippen MR) is 115 cm³/mol. The van der Waals surface area contributed by atoms with Crippen molar-refractivity contribution in [1.29, 1.82) is 0 Å². The minimum atomic E-state index is -3.49. The molecule has 30 heavy (non-hydrogen) atoms. The van der Waals surface area contributed by atoms with Gasteiger partial charge in [-0.05, 0) is 69.4 Å². The van der Waals surface area contributed by atoms with Crippen molar-refractivity contribution in [3.63, 3.8) is 0 Å². The molecule has 0 bridgehead atoms. The molecule has 4 rings (SSSR count). The molecule has 0 unspecified atom stereocenters. The van der Waals surface area contributed by atoms with Crippen molar-refractivity contribution in [2.24, 2.45) is 0 Å². The van der Waals surface area contributed by atoms with Crippen LogP contribution in [0.4, 0.5) is 0 Å². The number of aryl methyl sites for hydroxylation is 3. The Balaban J connectivity index is 1.48. The second-order valence-electron chi connectivity index (χ2n) is 8.34. The highest BCUT2D eigenvalue weighted by molar-refractivity contribution is 7.89. The van der Waals surface area contributed by atoms with E-state index < -0.39 is 10.0 Å². The lowest BCUT2D eigenvalue weighted by molar-refractivity contribution is 0.0766. The fraction of sp³-hybridized carbons (Fsp3) is 0.545. The molecule has 1 fully saturated rings. The van der Waals surface area contributed by atoms with Crippen LogP contribution in [0, 0.1) is 13.8 Å². The number of hydrogen-bond donors (Lipinski definition) is 0. The Bertz CT molecular complexity index is 1050. The van der Waals surface area contributed by atoms with E-state index in [-0.39, 0.29) is 11.8 Å². The molecule has 0 radical (unpaired) electrons. The summed E-state index contributed by atoms with van der Waals surface area (Å²) in [6, 6.07) is 7.24. The molecule has 0 N–H and O–H groups in total. The fourth-order valence-corrected chi connectivity index (χ4v) is 5.93. The molecule has 2 aliphatic heterocycles. The summed E-state index contributed by atoms with van der Waals surface area (Å²) in [5.41, 5.74) is 3.65. The number of rotatable bonds is 4. The summed E-state index contributed by atoms with van der Waals surface area (Å²) in [5.74, 6) is 0.224. The molecule has 8 heteroatoms. The SMILES string of the molecule is CCN1CCCn2nc(C3CCN(S(=O)(=O)c4ccc(C)c(C)c4)CC3)cc2C1=O. The van der Waals surface area contributed by atoms with E-state index in [4.69, 9.17) is 5.10 Å². The molecule has 0 spiro atoms. The molecule has 3 heterocycles. The van der Waals surface area contributed by atoms with Gasteiger partial charge in [-0.3, -0.25) is 9.48 Å². The van der Waals surface area contributed by atoms with Crippen LogP contribution < -0.4 is 0 Å². The van der Waals surface area contributed by atoms with Crippen LogP contribution in [0.25, 0.3) is 0 Å². The Morgan fingerprint density at radius 2 is 1.77 bits per heavy atom. The second kappa shape index (κ2) is 8.15. The number of aromatic nitrogens is 2. The highest BCUT2D eigenvalue weighted by Gasteiger charge is 2.32. The van der Waals surface area contributed by atoms with E-state index in [0.717, 1.165) is 36.3 Å². The summed E-state index contributed by atoms with van der Waals surface area (Å²) >= 11 is 0. The largest absolute Gasteiger partial charge is 0.338 e. The van der Waals surface area contributed by atoms with Crippen LogP contribution in [0.1, 0.15) is 59.4 Å². The summed E-state index contributed by atoms with van der Waals surface area (Å²) in [6.07, 6.45) is 2.33. The molecular weight excluding hydrogens is 400 g/mol. The number of nitrogens with zero attached hydrogens (tertiary/aromatic N) is 4. The molecule has 1 amide bonds. The van der Waals surface area contributed by atoms with Gasteiger partial charge in [-0.25, -0.2) is 8.42 Å². The van der Waals surface area contributed by atoms with Crippen molar-refractivity contribution < 1.29 is 13.2 Å². The van der Waals surface area contributed by atoms with Gasteiger partial charge < -0.3 is 4.90 Å². The predicted octanol–water partition coefficient (Wildman–Crippen LogP) is 2.93. The number of piperidine rings is 1. The average Bonchev–Trinajstić information content (AvgIpc) is 3.10. The van der Waals surface area contributed by atoms with E-state index in [1.165, 1.54) is 0 Å². The van der Waals surface area contributed by atoms with E-state index >= 15 is 0 Å². The Labute approximate surface area is 178 Å². The third-order valence-electron chi connectivity index (χ3n) is 6.47. The summed E-state index contributed by atoms with van der Waals surface area (Å²) in [7, 11) is -3.49. The topological polar surface area (TPSA) is 75.5 Å². The third kappa shape index (κ3) is 3.78. The Morgan fingerprint density at radius 3 is 2.43 bits per heavy atom. The van der Waals surface area contributed by atoms with Gasteiger partial charge in [0.2, 0.25) is 10.0 Å². The number of benzene rings is 1. The van der Waals surface area contributed by atoms with Gasteiger partial charge in [0.25, 0.3) is 5.91 Å². The van der Waals surface area contributed by atoms with Crippen LogP contribution >= 0.6 is 0 Å². The maximum atomic E-state index is 13.1. The smallest absolute Gasteiger partial charge is 0.272 e. The van der Waals surface area contributed by atoms with Gasteiger partial charge in [0, 0.05) is 38.6 Å². The van der Waals surface area contributed by atoms with Gasteiger partial charge >= 0.3 is 0 Å². The number of sulfonamides is 1. The van der Waals surface area contributed by atoms with Crippen LogP contribution in [-0.4, -0.2) is 59.5 Å². The highest BCUT2D eigenvalue weighted by atomic mass is 32.2. The van der Waals surface area contributed by atoms with E-state index in [0.29, 0.717) is 43.1 Å². The molecule has 7 nitrogen and oxygen atoms in total. The zero-order valence-electron chi connectivity index (χ0n) is 18.0. The average molecular weight is 431 g/mol. The van der Waals surface area contributed by atoms with Crippen molar-refractivity contribution in [3.8, 4) is 0 Å². The molecular formula is C22H30N4O3S. The molecule has 1 aromatic carbocycles. The van der Waals surface area contributed by atoms with Gasteiger partial charge in [0.05, 0.1) is 10.6 Å². The van der Waals surface area contributed by atoms with Gasteiger partial charge in [-0.1, -0.05) is 6.07 Å². The minimum absolute atomic E-state index is 0.0449. The molecule has 0 saturated carbocycles. The first-order chi connectivity index (χ1) is 14.3.